The molecule has 278 valence electrons. The second kappa shape index (κ2) is 13.1. The minimum absolute atomic E-state index is 0.304. The molecule has 0 fully saturated rings. The molecule has 5 heteroatoms. The Labute approximate surface area is 350 Å². The zero-order chi connectivity index (χ0) is 39.2. The van der Waals surface area contributed by atoms with Gasteiger partial charge in [-0.15, -0.1) is 22.7 Å². The number of rotatable bonds is 5. The van der Waals surface area contributed by atoms with Gasteiger partial charge in [-0.1, -0.05) is 135 Å². The van der Waals surface area contributed by atoms with Gasteiger partial charge in [0.15, 0.2) is 17.5 Å². The van der Waals surface area contributed by atoms with E-state index in [1.807, 2.05) is 59.1 Å². The lowest BCUT2D eigenvalue weighted by molar-refractivity contribution is 0.661. The van der Waals surface area contributed by atoms with Crippen molar-refractivity contribution in [2.75, 3.05) is 0 Å². The Morgan fingerprint density at radius 3 is 1.39 bits per heavy atom. The third-order valence-electron chi connectivity index (χ3n) is 12.1. The van der Waals surface area contributed by atoms with Crippen molar-refractivity contribution < 1.29 is 0 Å². The maximum absolute atomic E-state index is 5.31. The quantitative estimate of drug-likeness (QED) is 0.174. The van der Waals surface area contributed by atoms with Crippen LogP contribution in [0.25, 0.3) is 108 Å². The molecule has 1 aliphatic rings. The van der Waals surface area contributed by atoms with Crippen molar-refractivity contribution in [3.05, 3.63) is 187 Å². The smallest absolute Gasteiger partial charge is 0.164 e. The average Bonchev–Trinajstić information content (AvgIpc) is 3.93. The van der Waals surface area contributed by atoms with Crippen LogP contribution >= 0.6 is 22.7 Å². The molecule has 0 radical (unpaired) electrons. The van der Waals surface area contributed by atoms with Gasteiger partial charge in [-0.2, -0.15) is 0 Å². The molecule has 59 heavy (non-hydrogen) atoms. The van der Waals surface area contributed by atoms with Crippen molar-refractivity contribution in [1.29, 1.82) is 0 Å². The SMILES string of the molecule is CC1(C)c2cc(-c3ccc4sc5ccccc5c4c3)ccc2-c2c(-c3nc(-c4ccccc4)nc(-c4ccccc4)n3)cc(-c3ccc4sc5ccccc5c4c3)cc21. The Hall–Kier alpha value is -6.79. The van der Waals surface area contributed by atoms with E-state index in [2.05, 4.69) is 153 Å². The number of benzene rings is 8. The van der Waals surface area contributed by atoms with E-state index in [4.69, 9.17) is 15.0 Å². The summed E-state index contributed by atoms with van der Waals surface area (Å²) in [5.41, 5.74) is 12.4. The van der Waals surface area contributed by atoms with Crippen LogP contribution in [-0.4, -0.2) is 15.0 Å². The van der Waals surface area contributed by atoms with E-state index in [0.29, 0.717) is 17.5 Å². The van der Waals surface area contributed by atoms with Crippen LogP contribution in [0.4, 0.5) is 0 Å². The predicted molar refractivity (Wildman–Crippen MR) is 250 cm³/mol. The monoisotopic (exact) mass is 789 g/mol. The maximum Gasteiger partial charge on any atom is 0.164 e. The van der Waals surface area contributed by atoms with Crippen molar-refractivity contribution in [2.45, 2.75) is 19.3 Å². The molecule has 0 N–H and O–H groups in total. The third-order valence-corrected chi connectivity index (χ3v) is 14.4. The zero-order valence-corrected chi connectivity index (χ0v) is 34.0. The molecule has 1 aliphatic carbocycles. The summed E-state index contributed by atoms with van der Waals surface area (Å²) >= 11 is 3.71. The number of aromatic nitrogens is 3. The van der Waals surface area contributed by atoms with Gasteiger partial charge in [-0.25, -0.2) is 15.0 Å². The maximum atomic E-state index is 5.31. The third kappa shape index (κ3) is 5.50. The van der Waals surface area contributed by atoms with Crippen molar-refractivity contribution in [3.63, 3.8) is 0 Å². The van der Waals surface area contributed by atoms with Crippen LogP contribution in [0.5, 0.6) is 0 Å². The Morgan fingerprint density at radius 1 is 0.339 bits per heavy atom. The van der Waals surface area contributed by atoms with E-state index in [9.17, 15) is 0 Å². The lowest BCUT2D eigenvalue weighted by Gasteiger charge is -2.23. The van der Waals surface area contributed by atoms with E-state index < -0.39 is 0 Å². The van der Waals surface area contributed by atoms with Gasteiger partial charge in [-0.3, -0.25) is 0 Å². The molecule has 0 aliphatic heterocycles. The summed E-state index contributed by atoms with van der Waals surface area (Å²) in [6, 6.07) is 63.6. The second-order valence-electron chi connectivity index (χ2n) is 16.0. The number of nitrogens with zero attached hydrogens (tertiary/aromatic N) is 3. The summed E-state index contributed by atoms with van der Waals surface area (Å²) in [6.07, 6.45) is 0. The van der Waals surface area contributed by atoms with Gasteiger partial charge in [0, 0.05) is 62.4 Å². The summed E-state index contributed by atoms with van der Waals surface area (Å²) in [5, 5.41) is 5.20. The van der Waals surface area contributed by atoms with Gasteiger partial charge in [0.2, 0.25) is 0 Å². The minimum atomic E-state index is -0.304. The molecule has 12 rings (SSSR count). The Balaban J connectivity index is 1.10. The largest absolute Gasteiger partial charge is 0.208 e. The molecule has 0 amide bonds. The van der Waals surface area contributed by atoms with Crippen molar-refractivity contribution in [1.82, 2.24) is 15.0 Å². The first-order valence-electron chi connectivity index (χ1n) is 20.0. The van der Waals surface area contributed by atoms with Gasteiger partial charge in [0.1, 0.15) is 0 Å². The summed E-state index contributed by atoms with van der Waals surface area (Å²) in [4.78, 5) is 15.7. The molecule has 0 spiro atoms. The molecular formula is C54H35N3S2. The van der Waals surface area contributed by atoms with Crippen LogP contribution in [0.2, 0.25) is 0 Å². The predicted octanol–water partition coefficient (Wildman–Crippen LogP) is 15.2. The average molecular weight is 790 g/mol. The fourth-order valence-corrected chi connectivity index (χ4v) is 11.3. The van der Waals surface area contributed by atoms with Crippen molar-refractivity contribution in [2.24, 2.45) is 0 Å². The summed E-state index contributed by atoms with van der Waals surface area (Å²) < 4.78 is 5.24. The van der Waals surface area contributed by atoms with Crippen LogP contribution < -0.4 is 0 Å². The molecule has 0 atom stereocenters. The molecule has 3 aromatic heterocycles. The number of fused-ring (bicyclic) bond motifs is 9. The summed E-state index contributed by atoms with van der Waals surface area (Å²) in [6.45, 7) is 4.75. The number of hydrogen-bond acceptors (Lipinski definition) is 5. The molecule has 3 heterocycles. The highest BCUT2D eigenvalue weighted by molar-refractivity contribution is 7.26. The Bertz CT molecular complexity index is 3410. The summed E-state index contributed by atoms with van der Waals surface area (Å²) in [7, 11) is 0. The molecule has 0 unspecified atom stereocenters. The normalized spacial score (nSPS) is 13.1. The van der Waals surface area contributed by atoms with Crippen LogP contribution in [0.15, 0.2) is 176 Å². The fourth-order valence-electron chi connectivity index (χ4n) is 9.11. The molecule has 0 bridgehead atoms. The van der Waals surface area contributed by atoms with Gasteiger partial charge in [0.05, 0.1) is 0 Å². The van der Waals surface area contributed by atoms with Gasteiger partial charge >= 0.3 is 0 Å². The first-order valence-corrected chi connectivity index (χ1v) is 21.6. The molecule has 3 nitrogen and oxygen atoms in total. The first-order chi connectivity index (χ1) is 29.0. The van der Waals surface area contributed by atoms with Gasteiger partial charge in [0.25, 0.3) is 0 Å². The van der Waals surface area contributed by atoms with Crippen LogP contribution in [-0.2, 0) is 5.41 Å². The van der Waals surface area contributed by atoms with E-state index in [-0.39, 0.29) is 5.41 Å². The number of thiophene rings is 2. The lowest BCUT2D eigenvalue weighted by Crippen LogP contribution is -2.15. The summed E-state index contributed by atoms with van der Waals surface area (Å²) in [5.74, 6) is 1.98. The van der Waals surface area contributed by atoms with Gasteiger partial charge < -0.3 is 0 Å². The highest BCUT2D eigenvalue weighted by Crippen LogP contribution is 2.54. The van der Waals surface area contributed by atoms with E-state index in [0.717, 1.165) is 22.3 Å². The topological polar surface area (TPSA) is 38.7 Å². The highest BCUT2D eigenvalue weighted by atomic mass is 32.1. The highest BCUT2D eigenvalue weighted by Gasteiger charge is 2.38. The molecular weight excluding hydrogens is 755 g/mol. The molecule has 11 aromatic rings. The van der Waals surface area contributed by atoms with E-state index in [1.165, 1.54) is 79.3 Å². The molecule has 8 aromatic carbocycles. The lowest BCUT2D eigenvalue weighted by atomic mass is 9.80. The standard InChI is InChI=1S/C54H35N3S2/c1-54(2)44-30-36(34-22-25-48-41(27-34)38-17-9-11-19-46(38)58-48)21-24-40(44)50-43(53-56-51(32-13-5-3-6-14-32)55-52(57-53)33-15-7-4-8-16-33)29-37(31-45(50)54)35-23-26-49-42(28-35)39-18-10-12-20-47(39)59-49/h3-31H,1-2H3. The van der Waals surface area contributed by atoms with Crippen LogP contribution in [0, 0.1) is 0 Å². The van der Waals surface area contributed by atoms with E-state index in [1.54, 1.807) is 0 Å². The Morgan fingerprint density at radius 2 is 0.797 bits per heavy atom. The van der Waals surface area contributed by atoms with Crippen LogP contribution in [0.1, 0.15) is 25.0 Å². The van der Waals surface area contributed by atoms with Crippen molar-refractivity contribution >= 4 is 63.0 Å². The second-order valence-corrected chi connectivity index (χ2v) is 18.2. The zero-order valence-electron chi connectivity index (χ0n) is 32.4. The van der Waals surface area contributed by atoms with Crippen molar-refractivity contribution in [3.8, 4) is 67.5 Å². The fraction of sp³-hybridized carbons (Fsp3) is 0.0556. The molecule has 0 saturated carbocycles. The first kappa shape index (κ1) is 34.3. The van der Waals surface area contributed by atoms with Gasteiger partial charge in [-0.05, 0) is 99.1 Å². The molecule has 0 saturated heterocycles. The van der Waals surface area contributed by atoms with Crippen LogP contribution in [0.3, 0.4) is 0 Å². The number of hydrogen-bond donors (Lipinski definition) is 0. The Kier molecular flexibility index (Phi) is 7.62. The minimum Gasteiger partial charge on any atom is -0.208 e. The van der Waals surface area contributed by atoms with E-state index >= 15 is 0 Å².